The fourth-order valence-electron chi connectivity index (χ4n) is 3.14. The van der Waals surface area contributed by atoms with Gasteiger partial charge in [0.1, 0.15) is 5.70 Å². The first-order valence-corrected chi connectivity index (χ1v) is 9.71. The van der Waals surface area contributed by atoms with Crippen LogP contribution in [0.15, 0.2) is 42.1 Å². The minimum atomic E-state index is -1.03. The van der Waals surface area contributed by atoms with Crippen LogP contribution < -0.4 is 9.64 Å². The predicted molar refractivity (Wildman–Crippen MR) is 113 cm³/mol. The van der Waals surface area contributed by atoms with Gasteiger partial charge in [-0.3, -0.25) is 4.99 Å². The number of benzene rings is 1. The topological polar surface area (TPSA) is 70.8 Å². The lowest BCUT2D eigenvalue weighted by atomic mass is 10.1. The highest BCUT2D eigenvalue weighted by atomic mass is 19.2. The summed E-state index contributed by atoms with van der Waals surface area (Å²) >= 11 is 0. The second-order valence-electron chi connectivity index (χ2n) is 6.69. The van der Waals surface area contributed by atoms with Crippen molar-refractivity contribution < 1.29 is 18.6 Å². The van der Waals surface area contributed by atoms with E-state index >= 15 is 0 Å². The van der Waals surface area contributed by atoms with Crippen LogP contribution in [-0.2, 0) is 13.0 Å². The lowest BCUT2D eigenvalue weighted by molar-refractivity contribution is 0.227. The number of fused-ring (bicyclic) bond motifs is 1. The SMILES string of the molecule is C=C/C=N\C(=C/C)c1ncc2c(n1)CCN(c1cc(F)c(F)c(OCCCO)c1)C2. The molecular formula is C22H24F2N4O2. The van der Waals surface area contributed by atoms with Crippen molar-refractivity contribution in [1.29, 1.82) is 0 Å². The minimum Gasteiger partial charge on any atom is -0.490 e. The molecule has 1 aliphatic heterocycles. The first-order valence-electron chi connectivity index (χ1n) is 9.71. The lowest BCUT2D eigenvalue weighted by Gasteiger charge is -2.30. The van der Waals surface area contributed by atoms with Crippen molar-refractivity contribution >= 4 is 17.6 Å². The number of halogens is 2. The highest BCUT2D eigenvalue weighted by Gasteiger charge is 2.22. The van der Waals surface area contributed by atoms with E-state index in [-0.39, 0.29) is 19.0 Å². The Morgan fingerprint density at radius 2 is 2.23 bits per heavy atom. The van der Waals surface area contributed by atoms with Crippen LogP contribution in [-0.4, -0.2) is 41.0 Å². The lowest BCUT2D eigenvalue weighted by Crippen LogP contribution is -2.31. The zero-order valence-electron chi connectivity index (χ0n) is 16.8. The molecule has 6 nitrogen and oxygen atoms in total. The van der Waals surface area contributed by atoms with E-state index in [9.17, 15) is 8.78 Å². The Balaban J connectivity index is 1.81. The number of nitrogens with zero attached hydrogens (tertiary/aromatic N) is 4. The number of aromatic nitrogens is 2. The molecule has 0 spiro atoms. The van der Waals surface area contributed by atoms with Crippen LogP contribution in [0.3, 0.4) is 0 Å². The van der Waals surface area contributed by atoms with E-state index in [0.717, 1.165) is 17.3 Å². The van der Waals surface area contributed by atoms with Gasteiger partial charge in [-0.15, -0.1) is 0 Å². The molecule has 0 aliphatic carbocycles. The number of aliphatic hydroxyl groups excluding tert-OH is 1. The Hall–Kier alpha value is -3.13. The van der Waals surface area contributed by atoms with E-state index in [1.807, 2.05) is 17.9 Å². The zero-order chi connectivity index (χ0) is 21.5. The Labute approximate surface area is 174 Å². The third-order valence-electron chi connectivity index (χ3n) is 4.66. The normalized spacial score (nSPS) is 14.1. The molecule has 0 radical (unpaired) electrons. The molecule has 1 aromatic carbocycles. The summed E-state index contributed by atoms with van der Waals surface area (Å²) in [4.78, 5) is 15.2. The van der Waals surface area contributed by atoms with Gasteiger partial charge in [0.25, 0.3) is 0 Å². The smallest absolute Gasteiger partial charge is 0.200 e. The van der Waals surface area contributed by atoms with Crippen molar-refractivity contribution in [3.63, 3.8) is 0 Å². The summed E-state index contributed by atoms with van der Waals surface area (Å²) in [5.41, 5.74) is 3.00. The van der Waals surface area contributed by atoms with Crippen LogP contribution >= 0.6 is 0 Å². The molecule has 0 atom stereocenters. The third-order valence-corrected chi connectivity index (χ3v) is 4.66. The van der Waals surface area contributed by atoms with Crippen LogP contribution in [0.25, 0.3) is 5.70 Å². The molecule has 1 aromatic heterocycles. The Morgan fingerprint density at radius 1 is 1.40 bits per heavy atom. The molecule has 1 aliphatic rings. The van der Waals surface area contributed by atoms with Gasteiger partial charge in [0.15, 0.2) is 17.4 Å². The van der Waals surface area contributed by atoms with Crippen LogP contribution in [0.1, 0.15) is 30.4 Å². The summed E-state index contributed by atoms with van der Waals surface area (Å²) in [6.45, 7) is 6.56. The number of anilines is 1. The number of hydrogen-bond donors (Lipinski definition) is 1. The van der Waals surface area contributed by atoms with Gasteiger partial charge in [0, 0.05) is 68.3 Å². The summed E-state index contributed by atoms with van der Waals surface area (Å²) in [7, 11) is 0. The average molecular weight is 414 g/mol. The fourth-order valence-corrected chi connectivity index (χ4v) is 3.14. The largest absolute Gasteiger partial charge is 0.490 e. The Kier molecular flexibility index (Phi) is 7.24. The van der Waals surface area contributed by atoms with E-state index in [1.165, 1.54) is 6.07 Å². The number of allylic oxidation sites excluding steroid dienone is 2. The predicted octanol–water partition coefficient (Wildman–Crippen LogP) is 3.70. The summed E-state index contributed by atoms with van der Waals surface area (Å²) in [5.74, 6) is -1.62. The molecule has 2 heterocycles. The van der Waals surface area contributed by atoms with E-state index < -0.39 is 11.6 Å². The third kappa shape index (κ3) is 4.88. The molecule has 3 rings (SSSR count). The van der Waals surface area contributed by atoms with Gasteiger partial charge in [-0.25, -0.2) is 14.4 Å². The summed E-state index contributed by atoms with van der Waals surface area (Å²) in [6, 6.07) is 2.65. The molecule has 158 valence electrons. The molecule has 8 heteroatoms. The first kappa shape index (κ1) is 21.6. The van der Waals surface area contributed by atoms with E-state index in [1.54, 1.807) is 18.5 Å². The van der Waals surface area contributed by atoms with Crippen molar-refractivity contribution in [3.8, 4) is 5.75 Å². The number of hydrogen-bond acceptors (Lipinski definition) is 6. The van der Waals surface area contributed by atoms with Crippen LogP contribution in [0.2, 0.25) is 0 Å². The number of aliphatic hydroxyl groups is 1. The molecule has 0 unspecified atom stereocenters. The van der Waals surface area contributed by atoms with Gasteiger partial charge in [-0.1, -0.05) is 18.7 Å². The quantitative estimate of drug-likeness (QED) is 0.527. The molecule has 30 heavy (non-hydrogen) atoms. The summed E-state index contributed by atoms with van der Waals surface area (Å²) < 4.78 is 33.4. The second-order valence-corrected chi connectivity index (χ2v) is 6.69. The van der Waals surface area contributed by atoms with Crippen molar-refractivity contribution in [1.82, 2.24) is 9.97 Å². The Morgan fingerprint density at radius 3 is 2.97 bits per heavy atom. The molecule has 0 amide bonds. The highest BCUT2D eigenvalue weighted by molar-refractivity contribution is 5.78. The molecule has 0 fully saturated rings. The zero-order valence-corrected chi connectivity index (χ0v) is 16.8. The summed E-state index contributed by atoms with van der Waals surface area (Å²) in [6.07, 6.45) is 7.72. The van der Waals surface area contributed by atoms with Crippen molar-refractivity contribution in [2.24, 2.45) is 4.99 Å². The maximum atomic E-state index is 14.1. The maximum absolute atomic E-state index is 14.1. The molecule has 0 bridgehead atoms. The van der Waals surface area contributed by atoms with Crippen LogP contribution in [0, 0.1) is 11.6 Å². The van der Waals surface area contributed by atoms with Gasteiger partial charge in [0.05, 0.1) is 12.3 Å². The highest BCUT2D eigenvalue weighted by Crippen LogP contribution is 2.31. The Bertz CT molecular complexity index is 976. The monoisotopic (exact) mass is 414 g/mol. The molecular weight excluding hydrogens is 390 g/mol. The van der Waals surface area contributed by atoms with Gasteiger partial charge >= 0.3 is 0 Å². The fraction of sp³-hybridized carbons (Fsp3) is 0.318. The van der Waals surface area contributed by atoms with Crippen molar-refractivity contribution in [2.75, 3.05) is 24.7 Å². The van der Waals surface area contributed by atoms with Crippen molar-refractivity contribution in [3.05, 3.63) is 65.8 Å². The van der Waals surface area contributed by atoms with E-state index in [0.29, 0.717) is 43.1 Å². The van der Waals surface area contributed by atoms with Gasteiger partial charge in [0.2, 0.25) is 5.82 Å². The van der Waals surface area contributed by atoms with Gasteiger partial charge in [-0.2, -0.15) is 4.39 Å². The number of aliphatic imine (C=N–C) groups is 1. The average Bonchev–Trinajstić information content (AvgIpc) is 2.76. The molecule has 2 aromatic rings. The number of ether oxygens (including phenoxy) is 1. The van der Waals surface area contributed by atoms with E-state index in [4.69, 9.17) is 9.84 Å². The number of rotatable bonds is 8. The minimum absolute atomic E-state index is 0.0808. The molecule has 0 saturated heterocycles. The van der Waals surface area contributed by atoms with Crippen molar-refractivity contribution in [2.45, 2.75) is 26.3 Å². The molecule has 0 saturated carbocycles. The standard InChI is InChI=1S/C22H24F2N4O2/c1-3-7-25-18(4-2)22-26-13-15-14-28(8-6-19(15)27-22)16-11-17(23)21(24)20(12-16)30-10-5-9-29/h3-4,7,11-13,29H,1,5-6,8-10,14H2,2H3/b18-4-,25-7-. The van der Waals surface area contributed by atoms with Gasteiger partial charge in [-0.05, 0) is 6.92 Å². The van der Waals surface area contributed by atoms with E-state index in [2.05, 4.69) is 21.5 Å². The van der Waals surface area contributed by atoms with Gasteiger partial charge < -0.3 is 14.7 Å². The van der Waals surface area contributed by atoms with Crippen LogP contribution in [0.5, 0.6) is 5.75 Å². The summed E-state index contributed by atoms with van der Waals surface area (Å²) in [5, 5.41) is 8.85. The second kappa shape index (κ2) is 10.1. The van der Waals surface area contributed by atoms with Crippen LogP contribution in [0.4, 0.5) is 14.5 Å². The first-order chi connectivity index (χ1) is 14.6. The molecule has 1 N–H and O–H groups in total. The maximum Gasteiger partial charge on any atom is 0.200 e.